The van der Waals surface area contributed by atoms with Crippen molar-refractivity contribution >= 4 is 33.8 Å². The molecule has 1 atom stereocenters. The Kier molecular flexibility index (Phi) is 7.68. The van der Waals surface area contributed by atoms with E-state index in [1.165, 1.54) is 12.3 Å². The van der Waals surface area contributed by atoms with Crippen LogP contribution in [-0.2, 0) is 0 Å². The van der Waals surface area contributed by atoms with Crippen molar-refractivity contribution in [2.24, 2.45) is 5.10 Å². The average molecular weight is 557 g/mol. The summed E-state index contributed by atoms with van der Waals surface area (Å²) in [4.78, 5) is 29.8. The summed E-state index contributed by atoms with van der Waals surface area (Å²) in [6, 6.07) is 16.9. The molecule has 0 radical (unpaired) electrons. The summed E-state index contributed by atoms with van der Waals surface area (Å²) in [5, 5.41) is 17.5. The van der Waals surface area contributed by atoms with Crippen molar-refractivity contribution in [1.82, 2.24) is 9.66 Å². The predicted octanol–water partition coefficient (Wildman–Crippen LogP) is 6.18. The third kappa shape index (κ3) is 5.33. The maximum Gasteiger partial charge on any atom is 0.315 e. The van der Waals surface area contributed by atoms with Crippen LogP contribution in [0.15, 0.2) is 75.0 Å². The number of nitro groups is 1. The highest BCUT2D eigenvalue weighted by molar-refractivity contribution is 5.89. The van der Waals surface area contributed by atoms with Gasteiger partial charge in [-0.1, -0.05) is 25.1 Å². The van der Waals surface area contributed by atoms with Gasteiger partial charge in [-0.15, -0.1) is 0 Å². The summed E-state index contributed by atoms with van der Waals surface area (Å²) in [5.74, 6) is 1.30. The number of aromatic nitrogens is 2. The second-order valence-corrected chi connectivity index (χ2v) is 9.19. The van der Waals surface area contributed by atoms with Gasteiger partial charge in [0, 0.05) is 11.6 Å². The SMILES string of the molecule is CCOc1cc(C=Nn2c(-c3cc4c(OC)cccc4o3)nc3ccccc3c2=O)cc([N+](=O)[O-])c1O[C@H](C)CC. The molecule has 3 aromatic carbocycles. The van der Waals surface area contributed by atoms with E-state index in [0.717, 1.165) is 4.68 Å². The molecule has 0 fully saturated rings. The van der Waals surface area contributed by atoms with Crippen LogP contribution in [0.2, 0.25) is 0 Å². The van der Waals surface area contributed by atoms with E-state index in [1.54, 1.807) is 68.6 Å². The van der Waals surface area contributed by atoms with Crippen molar-refractivity contribution in [3.05, 3.63) is 86.7 Å². The van der Waals surface area contributed by atoms with Crippen molar-refractivity contribution in [1.29, 1.82) is 0 Å². The fourth-order valence-electron chi connectivity index (χ4n) is 4.32. The summed E-state index contributed by atoms with van der Waals surface area (Å²) < 4.78 is 24.2. The highest BCUT2D eigenvalue weighted by Gasteiger charge is 2.24. The molecule has 0 aliphatic rings. The third-order valence-corrected chi connectivity index (χ3v) is 6.49. The number of methoxy groups -OCH3 is 1. The van der Waals surface area contributed by atoms with Crippen molar-refractivity contribution in [2.45, 2.75) is 33.3 Å². The Hall–Kier alpha value is -5.19. The molecule has 0 N–H and O–H groups in total. The zero-order chi connectivity index (χ0) is 29.1. The van der Waals surface area contributed by atoms with Gasteiger partial charge in [0.15, 0.2) is 11.5 Å². The lowest BCUT2D eigenvalue weighted by atomic mass is 10.1. The van der Waals surface area contributed by atoms with E-state index in [-0.39, 0.29) is 35.7 Å². The lowest BCUT2D eigenvalue weighted by Gasteiger charge is -2.16. The Bertz CT molecular complexity index is 1840. The normalized spacial score (nSPS) is 12.2. The van der Waals surface area contributed by atoms with E-state index in [2.05, 4.69) is 10.1 Å². The number of rotatable bonds is 10. The summed E-state index contributed by atoms with van der Waals surface area (Å²) in [6.45, 7) is 5.78. The first-order valence-corrected chi connectivity index (χ1v) is 13.1. The number of para-hydroxylation sites is 1. The fourth-order valence-corrected chi connectivity index (χ4v) is 4.32. The second kappa shape index (κ2) is 11.5. The molecule has 0 unspecified atom stereocenters. The van der Waals surface area contributed by atoms with Crippen LogP contribution in [0.4, 0.5) is 5.69 Å². The topological polar surface area (TPSA) is 131 Å². The molecule has 0 saturated heterocycles. The van der Waals surface area contributed by atoms with Gasteiger partial charge in [-0.2, -0.15) is 9.78 Å². The molecule has 2 aromatic heterocycles. The van der Waals surface area contributed by atoms with Crippen LogP contribution >= 0.6 is 0 Å². The Balaban J connectivity index is 1.68. The molecule has 0 saturated carbocycles. The zero-order valence-electron chi connectivity index (χ0n) is 23.0. The Labute approximate surface area is 234 Å². The van der Waals surface area contributed by atoms with Crippen molar-refractivity contribution < 1.29 is 23.6 Å². The summed E-state index contributed by atoms with van der Waals surface area (Å²) in [7, 11) is 1.56. The Morgan fingerprint density at radius 3 is 2.63 bits per heavy atom. The van der Waals surface area contributed by atoms with Crippen LogP contribution in [0.3, 0.4) is 0 Å². The fraction of sp³-hybridized carbons (Fsp3) is 0.233. The molecular weight excluding hydrogens is 528 g/mol. The molecule has 0 bridgehead atoms. The Morgan fingerprint density at radius 2 is 1.90 bits per heavy atom. The van der Waals surface area contributed by atoms with Crippen LogP contribution in [-0.4, -0.2) is 40.6 Å². The van der Waals surface area contributed by atoms with Crippen LogP contribution in [0.5, 0.6) is 17.2 Å². The summed E-state index contributed by atoms with van der Waals surface area (Å²) >= 11 is 0. The average Bonchev–Trinajstić information content (AvgIpc) is 3.42. The van der Waals surface area contributed by atoms with Gasteiger partial charge in [-0.3, -0.25) is 14.9 Å². The minimum Gasteiger partial charge on any atom is -0.496 e. The van der Waals surface area contributed by atoms with Gasteiger partial charge in [0.05, 0.1) is 47.2 Å². The molecule has 210 valence electrons. The smallest absolute Gasteiger partial charge is 0.315 e. The molecule has 2 heterocycles. The number of furan rings is 1. The standard InChI is InChI=1S/C30H28N4O7/c1-5-18(3)40-28-23(34(36)37)14-19(15-26(28)39-6-2)17-31-33-29(32-22-11-8-7-10-20(22)30(33)35)27-16-21-24(38-4)12-9-13-25(21)41-27/h7-18H,5-6H2,1-4H3/t18-/m1/s1. The summed E-state index contributed by atoms with van der Waals surface area (Å²) in [6.07, 6.45) is 1.73. The molecule has 5 aromatic rings. The lowest BCUT2D eigenvalue weighted by Crippen LogP contribution is -2.20. The predicted molar refractivity (Wildman–Crippen MR) is 155 cm³/mol. The van der Waals surface area contributed by atoms with Crippen molar-refractivity contribution in [2.75, 3.05) is 13.7 Å². The number of benzene rings is 3. The monoisotopic (exact) mass is 556 g/mol. The van der Waals surface area contributed by atoms with Gasteiger partial charge >= 0.3 is 5.69 Å². The van der Waals surface area contributed by atoms with Crippen LogP contribution in [0, 0.1) is 10.1 Å². The zero-order valence-corrected chi connectivity index (χ0v) is 23.0. The Morgan fingerprint density at radius 1 is 1.10 bits per heavy atom. The number of ether oxygens (including phenoxy) is 3. The van der Waals surface area contributed by atoms with Crippen LogP contribution in [0.25, 0.3) is 33.5 Å². The molecule has 0 aliphatic carbocycles. The van der Waals surface area contributed by atoms with E-state index in [4.69, 9.17) is 18.6 Å². The van der Waals surface area contributed by atoms with E-state index in [9.17, 15) is 14.9 Å². The summed E-state index contributed by atoms with van der Waals surface area (Å²) in [5.41, 5.74) is 0.629. The first-order valence-electron chi connectivity index (χ1n) is 13.1. The van der Waals surface area contributed by atoms with E-state index >= 15 is 0 Å². The molecule has 11 nitrogen and oxygen atoms in total. The molecule has 0 spiro atoms. The van der Waals surface area contributed by atoms with E-state index < -0.39 is 10.5 Å². The minimum atomic E-state index is -0.533. The first-order chi connectivity index (χ1) is 19.8. The maximum atomic E-state index is 13.6. The lowest BCUT2D eigenvalue weighted by molar-refractivity contribution is -0.386. The number of fused-ring (bicyclic) bond motifs is 2. The molecule has 41 heavy (non-hydrogen) atoms. The van der Waals surface area contributed by atoms with Crippen molar-refractivity contribution in [3.63, 3.8) is 0 Å². The second-order valence-electron chi connectivity index (χ2n) is 9.19. The van der Waals surface area contributed by atoms with Gasteiger partial charge in [-0.25, -0.2) is 4.98 Å². The number of hydrogen-bond acceptors (Lipinski definition) is 9. The van der Waals surface area contributed by atoms with Gasteiger partial charge in [0.2, 0.25) is 11.6 Å². The highest BCUT2D eigenvalue weighted by Crippen LogP contribution is 2.39. The molecular formula is C30H28N4O7. The largest absolute Gasteiger partial charge is 0.496 e. The number of nitro benzene ring substituents is 1. The number of hydrogen-bond donors (Lipinski definition) is 0. The number of nitrogens with zero attached hydrogens (tertiary/aromatic N) is 4. The quantitative estimate of drug-likeness (QED) is 0.113. The highest BCUT2D eigenvalue weighted by atomic mass is 16.6. The van der Waals surface area contributed by atoms with Gasteiger partial charge in [-0.05, 0) is 56.7 Å². The van der Waals surface area contributed by atoms with Gasteiger partial charge in [0.1, 0.15) is 11.3 Å². The van der Waals surface area contributed by atoms with E-state index in [0.29, 0.717) is 45.4 Å². The van der Waals surface area contributed by atoms with Gasteiger partial charge in [0.25, 0.3) is 5.56 Å². The molecule has 0 amide bonds. The first kappa shape index (κ1) is 27.4. The molecule has 0 aliphatic heterocycles. The van der Waals surface area contributed by atoms with Gasteiger partial charge < -0.3 is 18.6 Å². The maximum absolute atomic E-state index is 13.6. The van der Waals surface area contributed by atoms with Crippen molar-refractivity contribution in [3.8, 4) is 28.8 Å². The molecule has 5 rings (SSSR count). The van der Waals surface area contributed by atoms with E-state index in [1.807, 2.05) is 13.8 Å². The minimum absolute atomic E-state index is 0.0461. The molecule has 11 heteroatoms. The third-order valence-electron chi connectivity index (χ3n) is 6.49. The van der Waals surface area contributed by atoms with Crippen LogP contribution < -0.4 is 19.8 Å². The van der Waals surface area contributed by atoms with Crippen LogP contribution in [0.1, 0.15) is 32.8 Å².